The van der Waals surface area contributed by atoms with Crippen LogP contribution in [0.1, 0.15) is 6.42 Å². The second kappa shape index (κ2) is 6.93. The van der Waals surface area contributed by atoms with Crippen LogP contribution in [0, 0.1) is 5.92 Å². The van der Waals surface area contributed by atoms with E-state index in [1.807, 2.05) is 30.5 Å². The molecular formula is C14H21N3OS. The highest BCUT2D eigenvalue weighted by molar-refractivity contribution is 7.98. The average molecular weight is 279 g/mol. The molecule has 1 heterocycles. The number of nitrogens with zero attached hydrogens (tertiary/aromatic N) is 1. The number of rotatable bonds is 5. The van der Waals surface area contributed by atoms with Gasteiger partial charge in [-0.1, -0.05) is 12.1 Å². The molecule has 1 aromatic rings. The van der Waals surface area contributed by atoms with Crippen molar-refractivity contribution in [3.63, 3.8) is 0 Å². The van der Waals surface area contributed by atoms with Gasteiger partial charge in [-0.25, -0.2) is 0 Å². The highest BCUT2D eigenvalue weighted by atomic mass is 32.2. The molecule has 0 saturated carbocycles. The monoisotopic (exact) mass is 279 g/mol. The third-order valence-corrected chi connectivity index (χ3v) is 4.25. The van der Waals surface area contributed by atoms with Crippen molar-refractivity contribution in [1.29, 1.82) is 0 Å². The Bertz CT molecular complexity index is 438. The van der Waals surface area contributed by atoms with E-state index in [0.717, 1.165) is 30.1 Å². The molecule has 5 heteroatoms. The average Bonchev–Trinajstić information content (AvgIpc) is 2.87. The molecular weight excluding hydrogens is 258 g/mol. The molecule has 1 aliphatic rings. The van der Waals surface area contributed by atoms with Crippen LogP contribution in [0.3, 0.4) is 0 Å². The van der Waals surface area contributed by atoms with E-state index in [-0.39, 0.29) is 5.91 Å². The Kier molecular flexibility index (Phi) is 5.24. The number of anilines is 1. The highest BCUT2D eigenvalue weighted by Gasteiger charge is 2.22. The van der Waals surface area contributed by atoms with Gasteiger partial charge in [0.05, 0.1) is 12.2 Å². The minimum Gasteiger partial charge on any atom is -0.330 e. The summed E-state index contributed by atoms with van der Waals surface area (Å²) in [6.07, 6.45) is 3.11. The zero-order chi connectivity index (χ0) is 13.7. The van der Waals surface area contributed by atoms with Crippen molar-refractivity contribution in [2.24, 2.45) is 11.7 Å². The molecule has 1 fully saturated rings. The fourth-order valence-electron chi connectivity index (χ4n) is 2.39. The summed E-state index contributed by atoms with van der Waals surface area (Å²) in [6.45, 7) is 3.08. The quantitative estimate of drug-likeness (QED) is 0.804. The summed E-state index contributed by atoms with van der Waals surface area (Å²) in [5.41, 5.74) is 6.56. The Morgan fingerprint density at radius 1 is 1.53 bits per heavy atom. The van der Waals surface area contributed by atoms with E-state index in [1.165, 1.54) is 0 Å². The van der Waals surface area contributed by atoms with E-state index in [2.05, 4.69) is 10.2 Å². The SMILES string of the molecule is CSc1ccccc1NC(=O)CN1CCC(CN)C1. The van der Waals surface area contributed by atoms with E-state index in [9.17, 15) is 4.79 Å². The minimum absolute atomic E-state index is 0.0548. The lowest BCUT2D eigenvalue weighted by atomic mass is 10.1. The predicted molar refractivity (Wildman–Crippen MR) is 80.5 cm³/mol. The maximum absolute atomic E-state index is 12.0. The minimum atomic E-state index is 0.0548. The van der Waals surface area contributed by atoms with Gasteiger partial charge in [-0.2, -0.15) is 0 Å². The molecule has 0 radical (unpaired) electrons. The van der Waals surface area contributed by atoms with Gasteiger partial charge in [0.2, 0.25) is 5.91 Å². The lowest BCUT2D eigenvalue weighted by Gasteiger charge is -2.16. The van der Waals surface area contributed by atoms with Crippen LogP contribution < -0.4 is 11.1 Å². The second-order valence-corrected chi connectivity index (χ2v) is 5.72. The molecule has 19 heavy (non-hydrogen) atoms. The third kappa shape index (κ3) is 3.96. The van der Waals surface area contributed by atoms with E-state index in [0.29, 0.717) is 19.0 Å². The van der Waals surface area contributed by atoms with Gasteiger partial charge in [-0.3, -0.25) is 9.69 Å². The standard InChI is InChI=1S/C14H21N3OS/c1-19-13-5-3-2-4-12(13)16-14(18)10-17-7-6-11(8-15)9-17/h2-5,11H,6-10,15H2,1H3,(H,16,18). The zero-order valence-corrected chi connectivity index (χ0v) is 12.1. The zero-order valence-electron chi connectivity index (χ0n) is 11.3. The summed E-state index contributed by atoms with van der Waals surface area (Å²) in [6, 6.07) is 7.88. The summed E-state index contributed by atoms with van der Waals surface area (Å²) < 4.78 is 0. The lowest BCUT2D eigenvalue weighted by Crippen LogP contribution is -2.32. The fraction of sp³-hybridized carbons (Fsp3) is 0.500. The Labute approximate surface area is 118 Å². The molecule has 4 nitrogen and oxygen atoms in total. The number of carbonyl (C=O) groups is 1. The van der Waals surface area contributed by atoms with Crippen LogP contribution in [0.4, 0.5) is 5.69 Å². The van der Waals surface area contributed by atoms with Crippen LogP contribution in [-0.4, -0.2) is 43.2 Å². The first-order valence-corrected chi connectivity index (χ1v) is 7.80. The van der Waals surface area contributed by atoms with E-state index in [4.69, 9.17) is 5.73 Å². The number of carbonyl (C=O) groups excluding carboxylic acids is 1. The molecule has 2 rings (SSSR count). The molecule has 3 N–H and O–H groups in total. The lowest BCUT2D eigenvalue weighted by molar-refractivity contribution is -0.117. The van der Waals surface area contributed by atoms with Gasteiger partial charge in [0.15, 0.2) is 0 Å². The van der Waals surface area contributed by atoms with Crippen molar-refractivity contribution in [3.05, 3.63) is 24.3 Å². The number of likely N-dealkylation sites (tertiary alicyclic amines) is 1. The number of hydrogen-bond donors (Lipinski definition) is 2. The number of benzene rings is 1. The normalized spacial score (nSPS) is 19.6. The van der Waals surface area contributed by atoms with Gasteiger partial charge in [-0.05, 0) is 43.8 Å². The topological polar surface area (TPSA) is 58.4 Å². The molecule has 1 saturated heterocycles. The van der Waals surface area contributed by atoms with Gasteiger partial charge >= 0.3 is 0 Å². The smallest absolute Gasteiger partial charge is 0.238 e. The first-order chi connectivity index (χ1) is 9.22. The van der Waals surface area contributed by atoms with Gasteiger partial charge in [0.1, 0.15) is 0 Å². The third-order valence-electron chi connectivity index (χ3n) is 3.45. The summed E-state index contributed by atoms with van der Waals surface area (Å²) in [7, 11) is 0. The summed E-state index contributed by atoms with van der Waals surface area (Å²) in [5.74, 6) is 0.602. The Hall–Kier alpha value is -1.04. The van der Waals surface area contributed by atoms with E-state index in [1.54, 1.807) is 11.8 Å². The molecule has 104 valence electrons. The molecule has 1 unspecified atom stereocenters. The van der Waals surface area contributed by atoms with Crippen LogP contribution in [0.5, 0.6) is 0 Å². The summed E-state index contributed by atoms with van der Waals surface area (Å²) in [4.78, 5) is 15.3. The number of amides is 1. The first-order valence-electron chi connectivity index (χ1n) is 6.58. The van der Waals surface area contributed by atoms with E-state index < -0.39 is 0 Å². The van der Waals surface area contributed by atoms with Crippen LogP contribution in [0.15, 0.2) is 29.2 Å². The van der Waals surface area contributed by atoms with Crippen molar-refractivity contribution < 1.29 is 4.79 Å². The predicted octanol–water partition coefficient (Wildman–Crippen LogP) is 1.63. The Balaban J connectivity index is 1.87. The summed E-state index contributed by atoms with van der Waals surface area (Å²) >= 11 is 1.64. The highest BCUT2D eigenvalue weighted by Crippen LogP contribution is 2.24. The molecule has 0 aromatic heterocycles. The largest absolute Gasteiger partial charge is 0.330 e. The van der Waals surface area contributed by atoms with Crippen molar-refractivity contribution in [2.45, 2.75) is 11.3 Å². The van der Waals surface area contributed by atoms with Crippen LogP contribution in [0.2, 0.25) is 0 Å². The van der Waals surface area contributed by atoms with Crippen molar-refractivity contribution in [3.8, 4) is 0 Å². The number of nitrogens with two attached hydrogens (primary N) is 1. The van der Waals surface area contributed by atoms with Gasteiger partial charge in [-0.15, -0.1) is 11.8 Å². The maximum Gasteiger partial charge on any atom is 0.238 e. The van der Waals surface area contributed by atoms with Gasteiger partial charge < -0.3 is 11.1 Å². The van der Waals surface area contributed by atoms with E-state index >= 15 is 0 Å². The van der Waals surface area contributed by atoms with Crippen LogP contribution in [0.25, 0.3) is 0 Å². The van der Waals surface area contributed by atoms with Crippen LogP contribution >= 0.6 is 11.8 Å². The molecule has 1 amide bonds. The Morgan fingerprint density at radius 3 is 3.00 bits per heavy atom. The van der Waals surface area contributed by atoms with Crippen molar-refractivity contribution in [1.82, 2.24) is 4.90 Å². The number of thioether (sulfide) groups is 1. The van der Waals surface area contributed by atoms with Gasteiger partial charge in [0, 0.05) is 11.4 Å². The van der Waals surface area contributed by atoms with Crippen LogP contribution in [-0.2, 0) is 4.79 Å². The van der Waals surface area contributed by atoms with Crippen molar-refractivity contribution >= 4 is 23.4 Å². The molecule has 1 aliphatic heterocycles. The molecule has 1 atom stereocenters. The summed E-state index contributed by atoms with van der Waals surface area (Å²) in [5, 5.41) is 2.99. The number of nitrogens with one attached hydrogen (secondary N) is 1. The maximum atomic E-state index is 12.0. The number of hydrogen-bond acceptors (Lipinski definition) is 4. The fourth-order valence-corrected chi connectivity index (χ4v) is 2.94. The molecule has 1 aromatic carbocycles. The molecule has 0 spiro atoms. The Morgan fingerprint density at radius 2 is 2.32 bits per heavy atom. The number of para-hydroxylation sites is 1. The second-order valence-electron chi connectivity index (χ2n) is 4.87. The first kappa shape index (κ1) is 14.4. The van der Waals surface area contributed by atoms with Gasteiger partial charge in [0.25, 0.3) is 0 Å². The molecule has 0 bridgehead atoms. The molecule has 0 aliphatic carbocycles. The van der Waals surface area contributed by atoms with Crippen molar-refractivity contribution in [2.75, 3.05) is 37.8 Å².